The molecule has 1 N–H and O–H groups in total. The van der Waals surface area contributed by atoms with Crippen LogP contribution in [0.15, 0.2) is 16.9 Å². The fraction of sp³-hybridized carbons (Fsp3) is 0.600. The number of aromatic amines is 1. The van der Waals surface area contributed by atoms with Crippen molar-refractivity contribution < 1.29 is 0 Å². The van der Waals surface area contributed by atoms with E-state index in [4.69, 9.17) is 0 Å². The third-order valence-corrected chi connectivity index (χ3v) is 2.81. The molecule has 4 nitrogen and oxygen atoms in total. The molecule has 1 saturated heterocycles. The Balaban J connectivity index is 2.20. The van der Waals surface area contributed by atoms with Crippen LogP contribution in [0.1, 0.15) is 31.0 Å². The largest absolute Gasteiger partial charge is 0.298 e. The van der Waals surface area contributed by atoms with E-state index in [1.165, 1.54) is 12.8 Å². The molecule has 0 amide bonds. The number of H-pyrrole nitrogens is 1. The highest BCUT2D eigenvalue weighted by Crippen LogP contribution is 2.26. The highest BCUT2D eigenvalue weighted by atomic mass is 16.1. The van der Waals surface area contributed by atoms with E-state index in [2.05, 4.69) is 22.1 Å². The minimum absolute atomic E-state index is 0.132. The standard InChI is InChI=1S/C10H15N3O/c1-13-7-3-2-4-9(13)8-5-6-10(14)12-11-8/h5-6,9H,2-4,7H2,1H3,(H,12,14). The smallest absolute Gasteiger partial charge is 0.264 e. The van der Waals surface area contributed by atoms with Crippen molar-refractivity contribution in [1.29, 1.82) is 0 Å². The molecule has 0 saturated carbocycles. The van der Waals surface area contributed by atoms with Crippen molar-refractivity contribution in [1.82, 2.24) is 15.1 Å². The van der Waals surface area contributed by atoms with Gasteiger partial charge in [0, 0.05) is 6.07 Å². The first kappa shape index (κ1) is 9.40. The Hall–Kier alpha value is -1.16. The van der Waals surface area contributed by atoms with Crippen molar-refractivity contribution >= 4 is 0 Å². The summed E-state index contributed by atoms with van der Waals surface area (Å²) in [5.74, 6) is 0. The minimum atomic E-state index is -0.132. The van der Waals surface area contributed by atoms with E-state index in [0.29, 0.717) is 6.04 Å². The van der Waals surface area contributed by atoms with Gasteiger partial charge in [-0.3, -0.25) is 9.69 Å². The Morgan fingerprint density at radius 2 is 2.36 bits per heavy atom. The van der Waals surface area contributed by atoms with Gasteiger partial charge in [-0.05, 0) is 32.5 Å². The molecule has 1 aliphatic heterocycles. The molecule has 4 heteroatoms. The van der Waals surface area contributed by atoms with Gasteiger partial charge in [-0.2, -0.15) is 5.10 Å². The van der Waals surface area contributed by atoms with Gasteiger partial charge in [0.2, 0.25) is 0 Å². The van der Waals surface area contributed by atoms with E-state index < -0.39 is 0 Å². The molecule has 1 unspecified atom stereocenters. The van der Waals surface area contributed by atoms with Crippen LogP contribution in [0.4, 0.5) is 0 Å². The van der Waals surface area contributed by atoms with Gasteiger partial charge in [-0.1, -0.05) is 6.42 Å². The molecule has 76 valence electrons. The Kier molecular flexibility index (Phi) is 2.63. The van der Waals surface area contributed by atoms with Crippen molar-refractivity contribution in [2.75, 3.05) is 13.6 Å². The molecule has 1 fully saturated rings. The summed E-state index contributed by atoms with van der Waals surface area (Å²) in [5.41, 5.74) is 0.846. The number of nitrogens with one attached hydrogen (secondary N) is 1. The quantitative estimate of drug-likeness (QED) is 0.721. The third-order valence-electron chi connectivity index (χ3n) is 2.81. The van der Waals surface area contributed by atoms with Crippen LogP contribution in [0.25, 0.3) is 0 Å². The molecular weight excluding hydrogens is 178 g/mol. The lowest BCUT2D eigenvalue weighted by Crippen LogP contribution is -2.30. The second-order valence-electron chi connectivity index (χ2n) is 3.84. The zero-order chi connectivity index (χ0) is 9.97. The van der Waals surface area contributed by atoms with Crippen LogP contribution >= 0.6 is 0 Å². The maximum Gasteiger partial charge on any atom is 0.264 e. The summed E-state index contributed by atoms with van der Waals surface area (Å²) in [6.45, 7) is 1.12. The first-order valence-corrected chi connectivity index (χ1v) is 5.03. The SMILES string of the molecule is CN1CCCCC1c1ccc(=O)[nH]n1. The van der Waals surface area contributed by atoms with E-state index in [1.54, 1.807) is 6.07 Å². The summed E-state index contributed by atoms with van der Waals surface area (Å²) in [7, 11) is 2.11. The van der Waals surface area contributed by atoms with Gasteiger partial charge in [0.05, 0.1) is 11.7 Å². The molecule has 0 aromatic carbocycles. The van der Waals surface area contributed by atoms with Gasteiger partial charge in [-0.15, -0.1) is 0 Å². The van der Waals surface area contributed by atoms with Gasteiger partial charge < -0.3 is 0 Å². The maximum atomic E-state index is 10.9. The maximum absolute atomic E-state index is 10.9. The lowest BCUT2D eigenvalue weighted by atomic mass is 10.00. The van der Waals surface area contributed by atoms with Crippen LogP contribution < -0.4 is 5.56 Å². The lowest BCUT2D eigenvalue weighted by molar-refractivity contribution is 0.182. The predicted molar refractivity (Wildman–Crippen MR) is 54.1 cm³/mol. The normalized spacial score (nSPS) is 23.6. The average Bonchev–Trinajstić information content (AvgIpc) is 2.20. The summed E-state index contributed by atoms with van der Waals surface area (Å²) >= 11 is 0. The van der Waals surface area contributed by atoms with Gasteiger partial charge in [0.25, 0.3) is 5.56 Å². The summed E-state index contributed by atoms with van der Waals surface area (Å²) in [6, 6.07) is 3.75. The van der Waals surface area contributed by atoms with Crippen molar-refractivity contribution in [2.45, 2.75) is 25.3 Å². The highest BCUT2D eigenvalue weighted by molar-refractivity contribution is 5.06. The third kappa shape index (κ3) is 1.85. The van der Waals surface area contributed by atoms with Crippen molar-refractivity contribution in [3.63, 3.8) is 0 Å². The Labute approximate surface area is 82.9 Å². The summed E-state index contributed by atoms with van der Waals surface area (Å²) < 4.78 is 0. The van der Waals surface area contributed by atoms with Gasteiger partial charge in [-0.25, -0.2) is 5.10 Å². The second-order valence-corrected chi connectivity index (χ2v) is 3.84. The second kappa shape index (κ2) is 3.92. The predicted octanol–water partition coefficient (Wildman–Crippen LogP) is 0.927. The van der Waals surface area contributed by atoms with E-state index in [0.717, 1.165) is 18.7 Å². The van der Waals surface area contributed by atoms with E-state index in [-0.39, 0.29) is 5.56 Å². The van der Waals surface area contributed by atoms with Crippen molar-refractivity contribution in [2.24, 2.45) is 0 Å². The first-order valence-electron chi connectivity index (χ1n) is 5.03. The first-order chi connectivity index (χ1) is 6.77. The van der Waals surface area contributed by atoms with E-state index >= 15 is 0 Å². The monoisotopic (exact) mass is 193 g/mol. The molecule has 1 aliphatic rings. The van der Waals surface area contributed by atoms with Crippen LogP contribution in [0, 0.1) is 0 Å². The van der Waals surface area contributed by atoms with Gasteiger partial charge >= 0.3 is 0 Å². The Morgan fingerprint density at radius 3 is 3.00 bits per heavy atom. The average molecular weight is 193 g/mol. The highest BCUT2D eigenvalue weighted by Gasteiger charge is 2.21. The van der Waals surface area contributed by atoms with Crippen LogP contribution in [0.2, 0.25) is 0 Å². The van der Waals surface area contributed by atoms with Crippen molar-refractivity contribution in [3.8, 4) is 0 Å². The molecular formula is C10H15N3O. The molecule has 0 radical (unpaired) electrons. The molecule has 1 atom stereocenters. The summed E-state index contributed by atoms with van der Waals surface area (Å²) in [5, 5.41) is 6.56. The molecule has 14 heavy (non-hydrogen) atoms. The summed E-state index contributed by atoms with van der Waals surface area (Å²) in [6.07, 6.45) is 3.64. The van der Waals surface area contributed by atoms with Crippen LogP contribution in [0.3, 0.4) is 0 Å². The Bertz CT molecular complexity index is 340. The topological polar surface area (TPSA) is 49.0 Å². The number of hydrogen-bond donors (Lipinski definition) is 1. The molecule has 2 rings (SSSR count). The van der Waals surface area contributed by atoms with E-state index in [1.807, 2.05) is 6.07 Å². The molecule has 2 heterocycles. The van der Waals surface area contributed by atoms with Crippen molar-refractivity contribution in [3.05, 3.63) is 28.2 Å². The van der Waals surface area contributed by atoms with Crippen LogP contribution in [-0.2, 0) is 0 Å². The number of likely N-dealkylation sites (tertiary alicyclic amines) is 1. The molecule has 1 aromatic rings. The fourth-order valence-electron chi connectivity index (χ4n) is 1.99. The van der Waals surface area contributed by atoms with Gasteiger partial charge in [0.1, 0.15) is 0 Å². The molecule has 1 aromatic heterocycles. The number of nitrogens with zero attached hydrogens (tertiary/aromatic N) is 2. The lowest BCUT2D eigenvalue weighted by Gasteiger charge is -2.31. The fourth-order valence-corrected chi connectivity index (χ4v) is 1.99. The number of aromatic nitrogens is 2. The van der Waals surface area contributed by atoms with Crippen LogP contribution in [-0.4, -0.2) is 28.7 Å². The number of hydrogen-bond acceptors (Lipinski definition) is 3. The molecule has 0 aliphatic carbocycles. The molecule has 0 spiro atoms. The minimum Gasteiger partial charge on any atom is -0.298 e. The molecule has 0 bridgehead atoms. The van der Waals surface area contributed by atoms with Gasteiger partial charge in [0.15, 0.2) is 0 Å². The number of piperidine rings is 1. The zero-order valence-electron chi connectivity index (χ0n) is 8.36. The number of rotatable bonds is 1. The summed E-state index contributed by atoms with van der Waals surface area (Å²) in [4.78, 5) is 13.2. The van der Waals surface area contributed by atoms with Crippen LogP contribution in [0.5, 0.6) is 0 Å². The van der Waals surface area contributed by atoms with E-state index in [9.17, 15) is 4.79 Å². The zero-order valence-corrected chi connectivity index (χ0v) is 8.36. The Morgan fingerprint density at radius 1 is 1.50 bits per heavy atom.